The van der Waals surface area contributed by atoms with Crippen LogP contribution in [-0.4, -0.2) is 25.5 Å². The summed E-state index contributed by atoms with van der Waals surface area (Å²) < 4.78 is 53.8. The van der Waals surface area contributed by atoms with Crippen molar-refractivity contribution in [2.45, 2.75) is 25.9 Å². The van der Waals surface area contributed by atoms with E-state index in [0.717, 1.165) is 23.0 Å². The van der Waals surface area contributed by atoms with Gasteiger partial charge in [0.2, 0.25) is 0 Å². The molecule has 0 aliphatic rings. The Kier molecular flexibility index (Phi) is 4.88. The highest BCUT2D eigenvalue weighted by Crippen LogP contribution is 2.32. The first-order valence-corrected chi connectivity index (χ1v) is 8.04. The average Bonchev–Trinajstić information content (AvgIpc) is 3.06. The average molecular weight is 395 g/mol. The standard InChI is InChI=1S/C18H13F4N3O3/c1-9(26)2-3-14(27)16-15(28)7-13(25-17(16)23-8-24-25)10-4-11(18(20,21)22)6-12(19)5-10/h4-8,27H,2-3H2,1H3/b16-14-. The maximum absolute atomic E-state index is 13.8. The number of hydrogen-bond acceptors (Lipinski definition) is 5. The van der Waals surface area contributed by atoms with E-state index in [1.807, 2.05) is 0 Å². The van der Waals surface area contributed by atoms with Gasteiger partial charge in [-0.2, -0.15) is 18.3 Å². The molecule has 3 rings (SSSR count). The summed E-state index contributed by atoms with van der Waals surface area (Å²) in [5, 5.41) is 13.9. The van der Waals surface area contributed by atoms with Crippen LogP contribution in [0.4, 0.5) is 17.6 Å². The number of aliphatic hydroxyl groups is 1. The molecule has 0 atom stereocenters. The Morgan fingerprint density at radius 1 is 1.18 bits per heavy atom. The van der Waals surface area contributed by atoms with Gasteiger partial charge in [-0.3, -0.25) is 4.79 Å². The first-order chi connectivity index (χ1) is 13.1. The Hall–Kier alpha value is -3.30. The number of carbonyl (C=O) groups is 1. The SMILES string of the molecule is CC(=O)CC/C(O)=c1\c(=O)cc(-c2cc(F)cc(C(F)(F)F)c2)n2ncnc12. The fraction of sp³-hybridized carbons (Fsp3) is 0.222. The molecule has 0 saturated heterocycles. The van der Waals surface area contributed by atoms with Gasteiger partial charge in [0.05, 0.1) is 11.3 Å². The molecule has 28 heavy (non-hydrogen) atoms. The van der Waals surface area contributed by atoms with E-state index in [1.54, 1.807) is 0 Å². The molecule has 0 saturated carbocycles. The molecule has 0 spiro atoms. The number of fused-ring (bicyclic) bond motifs is 1. The third kappa shape index (κ3) is 3.71. The van der Waals surface area contributed by atoms with Gasteiger partial charge in [0.25, 0.3) is 0 Å². The van der Waals surface area contributed by atoms with Crippen molar-refractivity contribution >= 4 is 17.2 Å². The maximum atomic E-state index is 13.8. The normalized spacial score (nSPS) is 13.0. The van der Waals surface area contributed by atoms with Crippen molar-refractivity contribution in [3.63, 3.8) is 0 Å². The molecule has 1 aromatic carbocycles. The number of pyridine rings is 1. The summed E-state index contributed by atoms with van der Waals surface area (Å²) in [6, 6.07) is 2.81. The molecule has 1 N–H and O–H groups in total. The lowest BCUT2D eigenvalue weighted by Crippen LogP contribution is -2.30. The summed E-state index contributed by atoms with van der Waals surface area (Å²) >= 11 is 0. The molecular formula is C18H13F4N3O3. The number of benzene rings is 1. The van der Waals surface area contributed by atoms with Gasteiger partial charge in [-0.1, -0.05) is 0 Å². The van der Waals surface area contributed by atoms with E-state index in [-0.39, 0.29) is 46.5 Å². The summed E-state index contributed by atoms with van der Waals surface area (Å²) in [5.41, 5.74) is -2.42. The topological polar surface area (TPSA) is 84.6 Å². The molecule has 146 valence electrons. The second-order valence-corrected chi connectivity index (χ2v) is 6.14. The quantitative estimate of drug-likeness (QED) is 0.687. The minimum absolute atomic E-state index is 0.00778. The minimum atomic E-state index is -4.78. The number of ketones is 1. The Labute approximate surface area is 154 Å². The highest BCUT2D eigenvalue weighted by molar-refractivity contribution is 5.76. The number of aromatic nitrogens is 3. The Morgan fingerprint density at radius 2 is 1.89 bits per heavy atom. The van der Waals surface area contributed by atoms with Gasteiger partial charge in [0, 0.05) is 24.5 Å². The highest BCUT2D eigenvalue weighted by Gasteiger charge is 2.31. The number of hydrogen-bond donors (Lipinski definition) is 1. The lowest BCUT2D eigenvalue weighted by molar-refractivity contribution is -0.137. The molecular weight excluding hydrogens is 382 g/mol. The zero-order valence-electron chi connectivity index (χ0n) is 14.4. The first-order valence-electron chi connectivity index (χ1n) is 8.04. The van der Waals surface area contributed by atoms with E-state index in [0.29, 0.717) is 12.1 Å². The summed E-state index contributed by atoms with van der Waals surface area (Å²) in [6.45, 7) is 1.32. The van der Waals surface area contributed by atoms with Crippen molar-refractivity contribution in [2.75, 3.05) is 0 Å². The number of rotatable bonds is 4. The van der Waals surface area contributed by atoms with Crippen molar-refractivity contribution in [3.05, 3.63) is 57.4 Å². The summed E-state index contributed by atoms with van der Waals surface area (Å²) in [4.78, 5) is 27.5. The fourth-order valence-corrected chi connectivity index (χ4v) is 2.75. The van der Waals surface area contributed by atoms with E-state index in [1.165, 1.54) is 6.92 Å². The van der Waals surface area contributed by atoms with Gasteiger partial charge in [0.15, 0.2) is 11.1 Å². The van der Waals surface area contributed by atoms with Crippen molar-refractivity contribution in [1.29, 1.82) is 0 Å². The van der Waals surface area contributed by atoms with Crippen LogP contribution in [-0.2, 0) is 11.0 Å². The third-order valence-electron chi connectivity index (χ3n) is 4.04. The van der Waals surface area contributed by atoms with Crippen LogP contribution in [0.15, 0.2) is 35.4 Å². The van der Waals surface area contributed by atoms with Gasteiger partial charge < -0.3 is 9.90 Å². The van der Waals surface area contributed by atoms with E-state index >= 15 is 0 Å². The van der Waals surface area contributed by atoms with Crippen LogP contribution >= 0.6 is 0 Å². The third-order valence-corrected chi connectivity index (χ3v) is 4.04. The molecule has 0 aliphatic carbocycles. The predicted molar refractivity (Wildman–Crippen MR) is 90.8 cm³/mol. The van der Waals surface area contributed by atoms with Gasteiger partial charge in [-0.25, -0.2) is 13.9 Å². The number of aliphatic hydroxyl groups excluding tert-OH is 1. The molecule has 6 nitrogen and oxygen atoms in total. The van der Waals surface area contributed by atoms with E-state index in [9.17, 15) is 32.3 Å². The van der Waals surface area contributed by atoms with Crippen molar-refractivity contribution in [2.24, 2.45) is 0 Å². The van der Waals surface area contributed by atoms with Crippen LogP contribution in [0.5, 0.6) is 0 Å². The maximum Gasteiger partial charge on any atom is 0.416 e. The number of halogens is 4. The second kappa shape index (κ2) is 7.02. The Morgan fingerprint density at radius 3 is 2.54 bits per heavy atom. The first kappa shape index (κ1) is 19.5. The summed E-state index contributed by atoms with van der Waals surface area (Å²) in [5.74, 6) is -1.72. The Balaban J connectivity index is 2.27. The van der Waals surface area contributed by atoms with Crippen LogP contribution < -0.4 is 10.6 Å². The van der Waals surface area contributed by atoms with Crippen molar-refractivity contribution in [3.8, 4) is 11.3 Å². The monoisotopic (exact) mass is 395 g/mol. The minimum Gasteiger partial charge on any atom is -0.511 e. The van der Waals surface area contributed by atoms with Crippen LogP contribution in [0.1, 0.15) is 25.3 Å². The van der Waals surface area contributed by atoms with Crippen molar-refractivity contribution < 1.29 is 27.5 Å². The molecule has 3 aromatic rings. The number of Topliss-reactive ketones (excluding diaryl/α,β-unsaturated/α-hetero) is 1. The summed E-state index contributed by atoms with van der Waals surface area (Å²) in [7, 11) is 0. The van der Waals surface area contributed by atoms with Crippen LogP contribution in [0.3, 0.4) is 0 Å². The smallest absolute Gasteiger partial charge is 0.416 e. The molecule has 0 amide bonds. The highest BCUT2D eigenvalue weighted by atomic mass is 19.4. The number of carbonyl (C=O) groups excluding carboxylic acids is 1. The van der Waals surface area contributed by atoms with E-state index in [2.05, 4.69) is 10.1 Å². The van der Waals surface area contributed by atoms with Gasteiger partial charge in [-0.15, -0.1) is 0 Å². The molecule has 0 radical (unpaired) electrons. The fourth-order valence-electron chi connectivity index (χ4n) is 2.75. The largest absolute Gasteiger partial charge is 0.511 e. The zero-order valence-corrected chi connectivity index (χ0v) is 14.4. The van der Waals surface area contributed by atoms with Crippen LogP contribution in [0.2, 0.25) is 0 Å². The second-order valence-electron chi connectivity index (χ2n) is 6.14. The Bertz CT molecular complexity index is 1190. The molecule has 0 aliphatic heterocycles. The molecule has 2 aromatic heterocycles. The lowest BCUT2D eigenvalue weighted by atomic mass is 10.1. The van der Waals surface area contributed by atoms with E-state index in [4.69, 9.17) is 0 Å². The lowest BCUT2D eigenvalue weighted by Gasteiger charge is -2.10. The molecule has 10 heteroatoms. The van der Waals surface area contributed by atoms with Gasteiger partial charge in [-0.05, 0) is 25.1 Å². The number of alkyl halides is 3. The van der Waals surface area contributed by atoms with Gasteiger partial charge >= 0.3 is 6.18 Å². The molecule has 0 fully saturated rings. The molecule has 0 unspecified atom stereocenters. The number of nitrogens with zero attached hydrogens (tertiary/aromatic N) is 3. The predicted octanol–water partition coefficient (Wildman–Crippen LogP) is 2.67. The van der Waals surface area contributed by atoms with Crippen LogP contribution in [0.25, 0.3) is 22.7 Å². The summed E-state index contributed by atoms with van der Waals surface area (Å²) in [6.07, 6.45) is -3.85. The van der Waals surface area contributed by atoms with E-state index < -0.39 is 23.0 Å². The van der Waals surface area contributed by atoms with Crippen molar-refractivity contribution in [1.82, 2.24) is 14.6 Å². The molecule has 0 bridgehead atoms. The van der Waals surface area contributed by atoms with Crippen LogP contribution in [0, 0.1) is 5.82 Å². The van der Waals surface area contributed by atoms with Gasteiger partial charge in [0.1, 0.15) is 28.9 Å². The zero-order chi connectivity index (χ0) is 20.6. The molecule has 2 heterocycles.